The molecule has 27 heavy (non-hydrogen) atoms. The first-order chi connectivity index (χ1) is 12.7. The third kappa shape index (κ3) is 4.12. The molecule has 2 aromatic heterocycles. The summed E-state index contributed by atoms with van der Waals surface area (Å²) in [5.74, 6) is -0.150. The Kier molecular flexibility index (Phi) is 4.94. The fraction of sp³-hybridized carbons (Fsp3) is 0.250. The largest absolute Gasteiger partial charge is 0.443 e. The van der Waals surface area contributed by atoms with Gasteiger partial charge in [-0.25, -0.2) is 14.7 Å². The Morgan fingerprint density at radius 1 is 1.30 bits per heavy atom. The lowest BCUT2D eigenvalue weighted by molar-refractivity contribution is 0.0596. The van der Waals surface area contributed by atoms with Gasteiger partial charge in [-0.2, -0.15) is 18.6 Å². The van der Waals surface area contributed by atoms with Crippen LogP contribution in [0.4, 0.5) is 16.4 Å². The Morgan fingerprint density at radius 3 is 2.67 bits per heavy atom. The summed E-state index contributed by atoms with van der Waals surface area (Å²) in [7, 11) is -2.70. The fourth-order valence-electron chi connectivity index (χ4n) is 2.28. The molecule has 9 nitrogen and oxygen atoms in total. The van der Waals surface area contributed by atoms with Gasteiger partial charge in [0, 0.05) is 11.6 Å². The monoisotopic (exact) mass is 410 g/mol. The zero-order valence-corrected chi connectivity index (χ0v) is 16.1. The SMILES string of the molecule is CC(C)(C)OC(=O)N(c1ccc2c(Cl)nccc2c1)c1nc(=S(=O)=O)o[nH]1. The number of amides is 1. The molecule has 142 valence electrons. The maximum absolute atomic E-state index is 12.8. The van der Waals surface area contributed by atoms with Crippen molar-refractivity contribution in [2.75, 3.05) is 4.90 Å². The second-order valence-electron chi connectivity index (χ2n) is 6.46. The van der Waals surface area contributed by atoms with Gasteiger partial charge in [-0.05, 0) is 50.4 Å². The van der Waals surface area contributed by atoms with Crippen molar-refractivity contribution in [1.82, 2.24) is 15.1 Å². The van der Waals surface area contributed by atoms with Gasteiger partial charge in [-0.1, -0.05) is 11.6 Å². The molecule has 0 fully saturated rings. The molecule has 0 saturated carbocycles. The number of carbonyl (C=O) groups excluding carboxylic acids is 1. The third-order valence-corrected chi connectivity index (χ3v) is 4.08. The van der Waals surface area contributed by atoms with Gasteiger partial charge in [0.15, 0.2) is 0 Å². The third-order valence-electron chi connectivity index (χ3n) is 3.31. The summed E-state index contributed by atoms with van der Waals surface area (Å²) in [5, 5.41) is 4.05. The van der Waals surface area contributed by atoms with Crippen molar-refractivity contribution in [3.05, 3.63) is 40.5 Å². The van der Waals surface area contributed by atoms with Crippen LogP contribution in [0.15, 0.2) is 35.0 Å². The van der Waals surface area contributed by atoms with E-state index in [-0.39, 0.29) is 5.95 Å². The van der Waals surface area contributed by atoms with Crippen LogP contribution < -0.4 is 4.90 Å². The van der Waals surface area contributed by atoms with Crippen molar-refractivity contribution < 1.29 is 22.5 Å². The van der Waals surface area contributed by atoms with Gasteiger partial charge in [0.2, 0.25) is 0 Å². The predicted octanol–water partition coefficient (Wildman–Crippen LogP) is 3.69. The highest BCUT2D eigenvalue weighted by molar-refractivity contribution is 7.63. The molecule has 0 atom stereocenters. The van der Waals surface area contributed by atoms with E-state index in [1.165, 1.54) is 6.20 Å². The second-order valence-corrected chi connectivity index (χ2v) is 7.64. The number of benzene rings is 1. The molecule has 2 heterocycles. The van der Waals surface area contributed by atoms with Crippen molar-refractivity contribution in [3.8, 4) is 0 Å². The summed E-state index contributed by atoms with van der Waals surface area (Å²) in [6.45, 7) is 5.12. The highest BCUT2D eigenvalue weighted by atomic mass is 35.5. The van der Waals surface area contributed by atoms with Crippen LogP contribution in [-0.2, 0) is 15.0 Å². The van der Waals surface area contributed by atoms with Crippen LogP contribution in [0.5, 0.6) is 0 Å². The normalized spacial score (nSPS) is 11.4. The van der Waals surface area contributed by atoms with E-state index in [0.29, 0.717) is 16.2 Å². The second kappa shape index (κ2) is 7.05. The van der Waals surface area contributed by atoms with Gasteiger partial charge in [-0.15, -0.1) is 0 Å². The number of aromatic nitrogens is 3. The predicted molar refractivity (Wildman–Crippen MR) is 98.1 cm³/mol. The number of nitrogens with zero attached hydrogens (tertiary/aromatic N) is 3. The van der Waals surface area contributed by atoms with E-state index in [0.717, 1.165) is 10.3 Å². The van der Waals surface area contributed by atoms with E-state index in [4.69, 9.17) is 20.9 Å². The number of fused-ring (bicyclic) bond motifs is 1. The first kappa shape index (κ1) is 18.9. The Labute approximate surface area is 160 Å². The fourth-order valence-corrected chi connectivity index (χ4v) is 2.78. The molecule has 1 amide bonds. The van der Waals surface area contributed by atoms with Crippen LogP contribution in [0.1, 0.15) is 20.8 Å². The Bertz CT molecular complexity index is 1190. The average molecular weight is 411 g/mol. The molecule has 0 radical (unpaired) electrons. The van der Waals surface area contributed by atoms with Crippen LogP contribution in [0.2, 0.25) is 5.15 Å². The van der Waals surface area contributed by atoms with Crippen molar-refractivity contribution >= 4 is 50.4 Å². The number of ether oxygens (including phenoxy) is 1. The number of rotatable bonds is 2. The number of hydrogen-bond donors (Lipinski definition) is 1. The van der Waals surface area contributed by atoms with Crippen LogP contribution in [0.3, 0.4) is 0 Å². The van der Waals surface area contributed by atoms with E-state index in [9.17, 15) is 13.2 Å². The number of pyridine rings is 1. The number of aromatic amines is 1. The van der Waals surface area contributed by atoms with Gasteiger partial charge in [0.1, 0.15) is 10.8 Å². The molecule has 1 N–H and O–H groups in total. The topological polar surface area (TPSA) is 118 Å². The number of carbonyl (C=O) groups is 1. The van der Waals surface area contributed by atoms with Crippen LogP contribution in [0.25, 0.3) is 10.8 Å². The molecular weight excluding hydrogens is 396 g/mol. The summed E-state index contributed by atoms with van der Waals surface area (Å²) in [6.07, 6.45) is 0.766. The first-order valence-corrected chi connectivity index (χ1v) is 9.16. The van der Waals surface area contributed by atoms with Crippen molar-refractivity contribution in [2.45, 2.75) is 26.4 Å². The minimum absolute atomic E-state index is 0.150. The van der Waals surface area contributed by atoms with Crippen molar-refractivity contribution in [2.24, 2.45) is 0 Å². The molecule has 0 unspecified atom stereocenters. The molecule has 3 rings (SSSR count). The van der Waals surface area contributed by atoms with Gasteiger partial charge < -0.3 is 9.26 Å². The zero-order chi connectivity index (χ0) is 19.8. The summed E-state index contributed by atoms with van der Waals surface area (Å²) >= 11 is 6.08. The maximum Gasteiger partial charge on any atom is 0.421 e. The molecule has 0 saturated heterocycles. The van der Waals surface area contributed by atoms with E-state index < -0.39 is 26.8 Å². The van der Waals surface area contributed by atoms with Gasteiger partial charge in [-0.3, -0.25) is 0 Å². The number of H-pyrrole nitrogens is 1. The average Bonchev–Trinajstić information content (AvgIpc) is 3.03. The molecule has 0 bridgehead atoms. The highest BCUT2D eigenvalue weighted by Gasteiger charge is 2.27. The number of nitrogens with one attached hydrogen (secondary N) is 1. The molecule has 0 aliphatic carbocycles. The van der Waals surface area contributed by atoms with Gasteiger partial charge in [0.25, 0.3) is 16.2 Å². The quantitative estimate of drug-likeness (QED) is 0.505. The molecule has 0 spiro atoms. The summed E-state index contributed by atoms with van der Waals surface area (Å²) in [5.41, 5.74) is -0.417. The highest BCUT2D eigenvalue weighted by Crippen LogP contribution is 2.30. The number of anilines is 2. The Hall–Kier alpha value is -2.85. The lowest BCUT2D eigenvalue weighted by Crippen LogP contribution is -2.34. The van der Waals surface area contributed by atoms with Crippen LogP contribution in [0, 0.1) is 4.84 Å². The van der Waals surface area contributed by atoms with E-state index in [1.54, 1.807) is 45.0 Å². The van der Waals surface area contributed by atoms with Crippen molar-refractivity contribution in [1.29, 1.82) is 0 Å². The maximum atomic E-state index is 12.8. The standard InChI is InChI=1S/C16H15ClN4O5S/c1-16(2,3)25-15(22)21(13-19-14(26-20-13)27(23)24)10-4-5-11-9(8-10)6-7-18-12(11)17/h4-8H,1-3H3,(H,19,20). The molecule has 0 aliphatic heterocycles. The minimum atomic E-state index is -2.70. The zero-order valence-electron chi connectivity index (χ0n) is 14.6. The Balaban J connectivity index is 2.17. The van der Waals surface area contributed by atoms with E-state index >= 15 is 0 Å². The molecule has 1 aromatic carbocycles. The molecule has 3 aromatic rings. The molecule has 0 aliphatic rings. The van der Waals surface area contributed by atoms with E-state index in [2.05, 4.69) is 15.1 Å². The van der Waals surface area contributed by atoms with Gasteiger partial charge in [0.05, 0.1) is 5.69 Å². The minimum Gasteiger partial charge on any atom is -0.443 e. The number of hydrogen-bond acceptors (Lipinski definition) is 7. The number of halogens is 1. The van der Waals surface area contributed by atoms with Crippen LogP contribution >= 0.6 is 11.6 Å². The lowest BCUT2D eigenvalue weighted by atomic mass is 10.1. The summed E-state index contributed by atoms with van der Waals surface area (Å²) < 4.78 is 32.3. The lowest BCUT2D eigenvalue weighted by Gasteiger charge is -2.25. The smallest absolute Gasteiger partial charge is 0.421 e. The Morgan fingerprint density at radius 2 is 2.04 bits per heavy atom. The summed E-state index contributed by atoms with van der Waals surface area (Å²) in [4.78, 5) is 21.0. The first-order valence-electron chi connectivity index (χ1n) is 7.71. The van der Waals surface area contributed by atoms with Gasteiger partial charge >= 0.3 is 10.9 Å². The van der Waals surface area contributed by atoms with Crippen molar-refractivity contribution in [3.63, 3.8) is 0 Å². The van der Waals surface area contributed by atoms with Crippen LogP contribution in [-0.4, -0.2) is 35.2 Å². The summed E-state index contributed by atoms with van der Waals surface area (Å²) in [6, 6.07) is 6.69. The molecular formula is C16H15ClN4O5S. The molecule has 11 heteroatoms. The van der Waals surface area contributed by atoms with E-state index in [1.807, 2.05) is 0 Å².